The molecule has 1 amide bonds. The fraction of sp³-hybridized carbons (Fsp3) is 0.0833. The number of benzene rings is 1. The van der Waals surface area contributed by atoms with Gasteiger partial charge in [0.2, 0.25) is 5.88 Å². The Morgan fingerprint density at radius 2 is 2.11 bits per heavy atom. The van der Waals surface area contributed by atoms with Crippen molar-refractivity contribution in [1.82, 2.24) is 9.97 Å². The molecule has 0 unspecified atom stereocenters. The van der Waals surface area contributed by atoms with Crippen LogP contribution in [0.4, 0.5) is 0 Å². The second-order valence-corrected chi connectivity index (χ2v) is 4.52. The van der Waals surface area contributed by atoms with E-state index in [0.29, 0.717) is 16.1 Å². The van der Waals surface area contributed by atoms with Gasteiger partial charge in [-0.05, 0) is 31.3 Å². The zero-order valence-corrected chi connectivity index (χ0v) is 10.3. The highest BCUT2D eigenvalue weighted by Crippen LogP contribution is 2.21. The molecule has 1 aliphatic heterocycles. The molecule has 0 spiro atoms. The van der Waals surface area contributed by atoms with Crippen LogP contribution in [0.1, 0.15) is 11.3 Å². The Hall–Kier alpha value is -2.21. The summed E-state index contributed by atoms with van der Waals surface area (Å²) in [7, 11) is 0. The summed E-state index contributed by atoms with van der Waals surface area (Å²) in [6.07, 6.45) is 0. The molecular formula is C12H9N3O2S. The second kappa shape index (κ2) is 3.64. The Morgan fingerprint density at radius 3 is 2.78 bits per heavy atom. The van der Waals surface area contributed by atoms with Crippen LogP contribution in [0.15, 0.2) is 23.2 Å². The molecular weight excluding hydrogens is 250 g/mol. The first-order valence-corrected chi connectivity index (χ1v) is 5.73. The second-order valence-electron chi connectivity index (χ2n) is 4.12. The van der Waals surface area contributed by atoms with Crippen LogP contribution in [0, 0.1) is 11.7 Å². The Kier molecular flexibility index (Phi) is 2.21. The van der Waals surface area contributed by atoms with Gasteiger partial charge >= 0.3 is 0 Å². The summed E-state index contributed by atoms with van der Waals surface area (Å²) in [4.78, 5) is 21.2. The minimum atomic E-state index is -0.379. The number of aromatic amines is 2. The number of amides is 1. The summed E-state index contributed by atoms with van der Waals surface area (Å²) in [5.41, 5.74) is 1.65. The number of hydrogen-bond donors (Lipinski definition) is 3. The predicted octanol–water partition coefficient (Wildman–Crippen LogP) is 0.445. The first kappa shape index (κ1) is 10.9. The summed E-state index contributed by atoms with van der Waals surface area (Å²) in [5, 5.41) is 11.1. The highest BCUT2D eigenvalue weighted by molar-refractivity contribution is 7.71. The van der Waals surface area contributed by atoms with Gasteiger partial charge in [-0.3, -0.25) is 4.79 Å². The number of aromatic nitrogens is 2. The summed E-state index contributed by atoms with van der Waals surface area (Å²) in [6.45, 7) is 1.93. The van der Waals surface area contributed by atoms with Gasteiger partial charge in [-0.25, -0.2) is 4.99 Å². The van der Waals surface area contributed by atoms with E-state index in [-0.39, 0.29) is 22.3 Å². The molecule has 1 aromatic heterocycles. The van der Waals surface area contributed by atoms with Crippen molar-refractivity contribution < 1.29 is 9.90 Å². The lowest BCUT2D eigenvalue weighted by Crippen LogP contribution is -2.23. The van der Waals surface area contributed by atoms with Crippen molar-refractivity contribution in [2.45, 2.75) is 6.92 Å². The minimum absolute atomic E-state index is 0.145. The van der Waals surface area contributed by atoms with Crippen LogP contribution >= 0.6 is 12.2 Å². The number of aromatic hydroxyl groups is 1. The zero-order chi connectivity index (χ0) is 12.9. The summed E-state index contributed by atoms with van der Waals surface area (Å²) in [5.74, 6) is -0.524. The van der Waals surface area contributed by atoms with Gasteiger partial charge < -0.3 is 15.1 Å². The maximum absolute atomic E-state index is 11.9. The Labute approximate surface area is 107 Å². The van der Waals surface area contributed by atoms with Crippen molar-refractivity contribution in [1.29, 1.82) is 0 Å². The van der Waals surface area contributed by atoms with E-state index in [9.17, 15) is 9.90 Å². The minimum Gasteiger partial charge on any atom is -0.493 e. The summed E-state index contributed by atoms with van der Waals surface area (Å²) < 4.78 is 0.268. The van der Waals surface area contributed by atoms with Gasteiger partial charge in [0.15, 0.2) is 4.77 Å². The molecule has 2 aromatic rings. The topological polar surface area (TPSA) is 81.2 Å². The number of nitrogens with zero attached hydrogens (tertiary/aromatic N) is 1. The van der Waals surface area contributed by atoms with E-state index >= 15 is 0 Å². The van der Waals surface area contributed by atoms with Crippen LogP contribution in [0.25, 0.3) is 5.57 Å². The molecule has 6 heteroatoms. The van der Waals surface area contributed by atoms with Crippen LogP contribution in [0.2, 0.25) is 0 Å². The standard InChI is InChI=1S/C12H9N3O2S/c1-5-2-3-7-6(4-5)8(10(16)13-7)9-11(17)15-12(18)14-9/h2-4,17H,1H3,(H2,14,15,18). The van der Waals surface area contributed by atoms with Gasteiger partial charge in [-0.2, -0.15) is 0 Å². The third-order valence-electron chi connectivity index (χ3n) is 2.81. The smallest absolute Gasteiger partial charge is 0.280 e. The number of nitrogens with one attached hydrogen (secondary N) is 2. The van der Waals surface area contributed by atoms with Crippen molar-refractivity contribution in [3.63, 3.8) is 0 Å². The van der Waals surface area contributed by atoms with Gasteiger partial charge in [0.05, 0.1) is 10.9 Å². The molecule has 2 heterocycles. The molecule has 0 bridgehead atoms. The number of fused-ring (bicyclic) bond motifs is 1. The predicted molar refractivity (Wildman–Crippen MR) is 67.1 cm³/mol. The third-order valence-corrected chi connectivity index (χ3v) is 3.02. The molecule has 0 fully saturated rings. The average molecular weight is 259 g/mol. The van der Waals surface area contributed by atoms with E-state index in [0.717, 1.165) is 5.56 Å². The van der Waals surface area contributed by atoms with Crippen molar-refractivity contribution >= 4 is 23.7 Å². The van der Waals surface area contributed by atoms with Gasteiger partial charge in [-0.15, -0.1) is 0 Å². The number of rotatable bonds is 1. The molecule has 0 atom stereocenters. The number of carbonyl (C=O) groups is 1. The molecule has 18 heavy (non-hydrogen) atoms. The fourth-order valence-corrected chi connectivity index (χ4v) is 2.22. The van der Waals surface area contributed by atoms with Crippen LogP contribution in [0.5, 0.6) is 5.88 Å². The lowest BCUT2D eigenvalue weighted by atomic mass is 10.1. The van der Waals surface area contributed by atoms with E-state index in [1.165, 1.54) is 0 Å². The van der Waals surface area contributed by atoms with Crippen LogP contribution < -0.4 is 10.6 Å². The van der Waals surface area contributed by atoms with Crippen molar-refractivity contribution in [2.75, 3.05) is 0 Å². The highest BCUT2D eigenvalue weighted by atomic mass is 32.1. The maximum atomic E-state index is 11.9. The molecule has 1 aromatic carbocycles. The first-order chi connectivity index (χ1) is 8.56. The molecule has 5 nitrogen and oxygen atoms in total. The highest BCUT2D eigenvalue weighted by Gasteiger charge is 2.22. The van der Waals surface area contributed by atoms with Gasteiger partial charge in [0.1, 0.15) is 5.69 Å². The zero-order valence-electron chi connectivity index (χ0n) is 9.44. The summed E-state index contributed by atoms with van der Waals surface area (Å²) >= 11 is 4.89. The molecule has 0 radical (unpaired) electrons. The molecule has 1 aliphatic rings. The Bertz CT molecular complexity index is 845. The first-order valence-electron chi connectivity index (χ1n) is 5.32. The van der Waals surface area contributed by atoms with Gasteiger partial charge in [0, 0.05) is 5.22 Å². The molecule has 0 saturated carbocycles. The maximum Gasteiger partial charge on any atom is 0.280 e. The van der Waals surface area contributed by atoms with Crippen molar-refractivity contribution in [2.24, 2.45) is 4.99 Å². The summed E-state index contributed by atoms with van der Waals surface area (Å²) in [6, 6.07) is 5.54. The van der Waals surface area contributed by atoms with Crippen LogP contribution in [-0.4, -0.2) is 21.0 Å². The van der Waals surface area contributed by atoms with Crippen molar-refractivity contribution in [3.8, 4) is 5.88 Å². The van der Waals surface area contributed by atoms with E-state index in [1.54, 1.807) is 6.07 Å². The van der Waals surface area contributed by atoms with E-state index < -0.39 is 0 Å². The van der Waals surface area contributed by atoms with Gasteiger partial charge in [-0.1, -0.05) is 11.6 Å². The van der Waals surface area contributed by atoms with Crippen LogP contribution in [0.3, 0.4) is 0 Å². The molecule has 3 N–H and O–H groups in total. The van der Waals surface area contributed by atoms with E-state index in [2.05, 4.69) is 15.0 Å². The average Bonchev–Trinajstić information content (AvgIpc) is 2.77. The number of carbonyl (C=O) groups excluding carboxylic acids is 1. The quantitative estimate of drug-likeness (QED) is 0.650. The molecule has 90 valence electrons. The third kappa shape index (κ3) is 1.50. The SMILES string of the molecule is Cc1ccc2c(c1)=C(c1[nH]c(=S)[nH]c1O)C(=O)N=2. The Balaban J connectivity index is 2.45. The fourth-order valence-electron chi connectivity index (χ4n) is 2.02. The lowest BCUT2D eigenvalue weighted by Gasteiger charge is -1.97. The lowest BCUT2D eigenvalue weighted by molar-refractivity contribution is -0.112. The molecule has 0 aliphatic carbocycles. The van der Waals surface area contributed by atoms with E-state index in [4.69, 9.17) is 12.2 Å². The van der Waals surface area contributed by atoms with Crippen molar-refractivity contribution in [3.05, 3.63) is 44.8 Å². The van der Waals surface area contributed by atoms with Gasteiger partial charge in [0.25, 0.3) is 5.91 Å². The molecule has 3 rings (SSSR count). The number of aryl methyl sites for hydroxylation is 1. The van der Waals surface area contributed by atoms with E-state index in [1.807, 2.05) is 19.1 Å². The Morgan fingerprint density at radius 1 is 1.33 bits per heavy atom. The number of H-pyrrole nitrogens is 2. The number of imidazole rings is 1. The number of hydrogen-bond acceptors (Lipinski definition) is 3. The van der Waals surface area contributed by atoms with Crippen LogP contribution in [-0.2, 0) is 4.79 Å². The normalized spacial score (nSPS) is 13.6. The monoisotopic (exact) mass is 259 g/mol. The largest absolute Gasteiger partial charge is 0.493 e. The molecule has 0 saturated heterocycles.